The van der Waals surface area contributed by atoms with Gasteiger partial charge in [-0.1, -0.05) is 0 Å². The molecule has 20 heavy (non-hydrogen) atoms. The molecule has 5 rings (SSSR count). The zero-order valence-corrected chi connectivity index (χ0v) is 11.4. The highest BCUT2D eigenvalue weighted by atomic mass is 16.7. The average Bonchev–Trinajstić information content (AvgIpc) is 3.01. The standard InChI is InChI=1S/C16H19NO3/c18-10-1-2-11-13-7-17(14(11)4-10)6-9-3-15-16(5-12(9)13)20-8-19-15/h3,5,10-11,13-14,18H,1-2,4,6-8H2. The number of aliphatic hydroxyl groups is 1. The molecule has 0 radical (unpaired) electrons. The predicted octanol–water partition coefficient (Wildman–Crippen LogP) is 1.86. The molecule has 5 unspecified atom stereocenters. The Morgan fingerprint density at radius 3 is 2.90 bits per heavy atom. The van der Waals surface area contributed by atoms with E-state index in [4.69, 9.17) is 9.47 Å². The lowest BCUT2D eigenvalue weighted by molar-refractivity contribution is 0.0618. The molecule has 1 saturated carbocycles. The van der Waals surface area contributed by atoms with E-state index in [-0.39, 0.29) is 6.10 Å². The van der Waals surface area contributed by atoms with Crippen molar-refractivity contribution in [2.45, 2.75) is 43.9 Å². The van der Waals surface area contributed by atoms with Gasteiger partial charge in [-0.15, -0.1) is 0 Å². The lowest BCUT2D eigenvalue weighted by Crippen LogP contribution is -2.38. The first-order valence-electron chi connectivity index (χ1n) is 7.64. The quantitative estimate of drug-likeness (QED) is 0.783. The molecule has 106 valence electrons. The number of rotatable bonds is 0. The first-order valence-corrected chi connectivity index (χ1v) is 7.64. The van der Waals surface area contributed by atoms with Gasteiger partial charge in [0.05, 0.1) is 6.10 Å². The molecule has 1 aromatic carbocycles. The number of aliphatic hydroxyl groups excluding tert-OH is 1. The number of benzene rings is 1. The molecule has 4 nitrogen and oxygen atoms in total. The molecule has 4 heteroatoms. The van der Waals surface area contributed by atoms with Crippen molar-refractivity contribution in [1.82, 2.24) is 4.90 Å². The van der Waals surface area contributed by atoms with Gasteiger partial charge >= 0.3 is 0 Å². The van der Waals surface area contributed by atoms with Gasteiger partial charge in [-0.2, -0.15) is 0 Å². The van der Waals surface area contributed by atoms with Crippen LogP contribution in [0.15, 0.2) is 12.1 Å². The van der Waals surface area contributed by atoms with Crippen LogP contribution in [0, 0.1) is 5.92 Å². The van der Waals surface area contributed by atoms with Crippen LogP contribution in [0.4, 0.5) is 0 Å². The smallest absolute Gasteiger partial charge is 0.231 e. The van der Waals surface area contributed by atoms with E-state index in [1.165, 1.54) is 11.1 Å². The van der Waals surface area contributed by atoms with Crippen molar-refractivity contribution >= 4 is 0 Å². The van der Waals surface area contributed by atoms with Crippen LogP contribution in [0.3, 0.4) is 0 Å². The first-order chi connectivity index (χ1) is 9.79. The zero-order valence-electron chi connectivity index (χ0n) is 11.4. The van der Waals surface area contributed by atoms with Crippen LogP contribution < -0.4 is 9.47 Å². The van der Waals surface area contributed by atoms with Crippen LogP contribution in [-0.4, -0.2) is 35.5 Å². The lowest BCUT2D eigenvalue weighted by Gasteiger charge is -2.33. The van der Waals surface area contributed by atoms with Crippen LogP contribution in [0.1, 0.15) is 36.3 Å². The third kappa shape index (κ3) is 1.44. The molecule has 4 aliphatic rings. The van der Waals surface area contributed by atoms with E-state index >= 15 is 0 Å². The van der Waals surface area contributed by atoms with Crippen LogP contribution in [0.2, 0.25) is 0 Å². The molecule has 1 saturated heterocycles. The summed E-state index contributed by atoms with van der Waals surface area (Å²) in [5, 5.41) is 9.96. The minimum Gasteiger partial charge on any atom is -0.454 e. The maximum Gasteiger partial charge on any atom is 0.231 e. The van der Waals surface area contributed by atoms with E-state index < -0.39 is 0 Å². The predicted molar refractivity (Wildman–Crippen MR) is 72.9 cm³/mol. The monoisotopic (exact) mass is 273 g/mol. The number of ether oxygens (including phenoxy) is 2. The topological polar surface area (TPSA) is 41.9 Å². The van der Waals surface area contributed by atoms with Crippen LogP contribution in [0.5, 0.6) is 11.5 Å². The largest absolute Gasteiger partial charge is 0.454 e. The van der Waals surface area contributed by atoms with Crippen molar-refractivity contribution in [3.8, 4) is 11.5 Å². The van der Waals surface area contributed by atoms with E-state index in [9.17, 15) is 5.11 Å². The summed E-state index contributed by atoms with van der Waals surface area (Å²) in [5.74, 6) is 3.14. The van der Waals surface area contributed by atoms with E-state index in [1.807, 2.05) is 0 Å². The summed E-state index contributed by atoms with van der Waals surface area (Å²) in [6.07, 6.45) is 2.96. The Balaban J connectivity index is 1.58. The van der Waals surface area contributed by atoms with Crippen molar-refractivity contribution in [3.05, 3.63) is 23.3 Å². The Labute approximate surface area is 118 Å². The molecule has 3 heterocycles. The Bertz CT molecular complexity index is 573. The Morgan fingerprint density at radius 1 is 1.15 bits per heavy atom. The fourth-order valence-electron chi connectivity index (χ4n) is 4.77. The second-order valence-electron chi connectivity index (χ2n) is 6.64. The van der Waals surface area contributed by atoms with Crippen LogP contribution in [-0.2, 0) is 6.54 Å². The Kier molecular flexibility index (Phi) is 2.22. The third-order valence-electron chi connectivity index (χ3n) is 5.67. The molecule has 3 aliphatic heterocycles. The van der Waals surface area contributed by atoms with Crippen molar-refractivity contribution in [2.75, 3.05) is 13.3 Å². The van der Waals surface area contributed by atoms with Crippen LogP contribution >= 0.6 is 0 Å². The number of hydrogen-bond donors (Lipinski definition) is 1. The highest BCUT2D eigenvalue weighted by Crippen LogP contribution is 2.51. The lowest BCUT2D eigenvalue weighted by atomic mass is 9.76. The summed E-state index contributed by atoms with van der Waals surface area (Å²) in [4.78, 5) is 2.57. The summed E-state index contributed by atoms with van der Waals surface area (Å²) >= 11 is 0. The fourth-order valence-corrected chi connectivity index (χ4v) is 4.77. The normalized spacial score (nSPS) is 40.4. The third-order valence-corrected chi connectivity index (χ3v) is 5.67. The Morgan fingerprint density at radius 2 is 2.00 bits per heavy atom. The van der Waals surface area contributed by atoms with E-state index in [2.05, 4.69) is 17.0 Å². The maximum atomic E-state index is 9.96. The minimum absolute atomic E-state index is 0.101. The average molecular weight is 273 g/mol. The molecule has 5 atom stereocenters. The van der Waals surface area contributed by atoms with E-state index in [0.717, 1.165) is 43.9 Å². The number of hydrogen-bond acceptors (Lipinski definition) is 4. The van der Waals surface area contributed by atoms with Crippen molar-refractivity contribution in [2.24, 2.45) is 5.92 Å². The van der Waals surface area contributed by atoms with Gasteiger partial charge in [-0.25, -0.2) is 0 Å². The van der Waals surface area contributed by atoms with Crippen LogP contribution in [0.25, 0.3) is 0 Å². The first kappa shape index (κ1) is 11.4. The highest BCUT2D eigenvalue weighted by Gasteiger charge is 2.48. The second-order valence-corrected chi connectivity index (χ2v) is 6.64. The molecule has 2 fully saturated rings. The molecule has 1 aromatic rings. The van der Waals surface area contributed by atoms with Crippen molar-refractivity contribution < 1.29 is 14.6 Å². The van der Waals surface area contributed by atoms with Gasteiger partial charge < -0.3 is 14.6 Å². The number of nitrogens with zero attached hydrogens (tertiary/aromatic N) is 1. The SMILES string of the molecule is OC1CCC2C3CN(Cc4cc5c(cc43)OCO5)C2C1. The molecule has 0 amide bonds. The number of fused-ring (bicyclic) bond motifs is 8. The molecule has 0 spiro atoms. The van der Waals surface area contributed by atoms with Gasteiger partial charge in [0.15, 0.2) is 11.5 Å². The molecule has 1 aliphatic carbocycles. The molecular weight excluding hydrogens is 254 g/mol. The molecular formula is C16H19NO3. The summed E-state index contributed by atoms with van der Waals surface area (Å²) in [7, 11) is 0. The van der Waals surface area contributed by atoms with Crippen molar-refractivity contribution in [1.29, 1.82) is 0 Å². The summed E-state index contributed by atoms with van der Waals surface area (Å²) in [6.45, 7) is 2.50. The van der Waals surface area contributed by atoms with Gasteiger partial charge in [0.2, 0.25) is 6.79 Å². The molecule has 2 bridgehead atoms. The second kappa shape index (κ2) is 3.89. The van der Waals surface area contributed by atoms with E-state index in [1.54, 1.807) is 0 Å². The fraction of sp³-hybridized carbons (Fsp3) is 0.625. The summed E-state index contributed by atoms with van der Waals surface area (Å²) in [5.41, 5.74) is 2.86. The van der Waals surface area contributed by atoms with Gasteiger partial charge in [0.1, 0.15) is 0 Å². The summed E-state index contributed by atoms with van der Waals surface area (Å²) in [6, 6.07) is 4.95. The minimum atomic E-state index is -0.101. The Hall–Kier alpha value is -1.26. The summed E-state index contributed by atoms with van der Waals surface area (Å²) < 4.78 is 11.1. The van der Waals surface area contributed by atoms with E-state index in [0.29, 0.717) is 24.7 Å². The van der Waals surface area contributed by atoms with Gasteiger partial charge in [-0.3, -0.25) is 4.90 Å². The van der Waals surface area contributed by atoms with Crippen molar-refractivity contribution in [3.63, 3.8) is 0 Å². The highest BCUT2D eigenvalue weighted by molar-refractivity contribution is 5.51. The van der Waals surface area contributed by atoms with Gasteiger partial charge in [-0.05, 0) is 48.4 Å². The van der Waals surface area contributed by atoms with Gasteiger partial charge in [0.25, 0.3) is 0 Å². The molecule has 0 aromatic heterocycles. The van der Waals surface area contributed by atoms with Gasteiger partial charge in [0, 0.05) is 25.0 Å². The maximum absolute atomic E-state index is 9.96. The zero-order chi connectivity index (χ0) is 13.3. The molecule has 1 N–H and O–H groups in total.